The average Bonchev–Trinajstić information content (AvgIpc) is 3.10. The summed E-state index contributed by atoms with van der Waals surface area (Å²) < 4.78 is 7.03. The quantitative estimate of drug-likeness (QED) is 0.312. The SMILES string of the molecule is Cc1cc(=O)oc2cc(NC(=S)Nc3ccn(Cc4ccc(Cl)c(Cl)c4)n3)ccc12. The first kappa shape index (κ1) is 20.4. The molecule has 2 N–H and O–H groups in total. The van der Waals surface area contributed by atoms with E-state index in [0.717, 1.165) is 16.5 Å². The van der Waals surface area contributed by atoms with Crippen molar-refractivity contribution in [3.05, 3.63) is 86.3 Å². The van der Waals surface area contributed by atoms with Gasteiger partial charge in [0, 0.05) is 35.5 Å². The third-order valence-corrected chi connectivity index (χ3v) is 5.36. The van der Waals surface area contributed by atoms with Gasteiger partial charge in [0.1, 0.15) is 5.58 Å². The van der Waals surface area contributed by atoms with Crippen LogP contribution in [0.2, 0.25) is 10.0 Å². The summed E-state index contributed by atoms with van der Waals surface area (Å²) in [5.41, 5.74) is 2.65. The molecule has 2 aromatic carbocycles. The number of rotatable bonds is 4. The molecule has 0 aliphatic heterocycles. The van der Waals surface area contributed by atoms with Crippen molar-refractivity contribution in [1.29, 1.82) is 0 Å². The van der Waals surface area contributed by atoms with Gasteiger partial charge in [-0.25, -0.2) is 4.79 Å². The van der Waals surface area contributed by atoms with Gasteiger partial charge in [0.15, 0.2) is 10.9 Å². The summed E-state index contributed by atoms with van der Waals surface area (Å²) in [6.45, 7) is 2.41. The fraction of sp³-hybridized carbons (Fsp3) is 0.0952. The maximum absolute atomic E-state index is 11.6. The number of halogens is 2. The number of hydrogen-bond acceptors (Lipinski definition) is 4. The highest BCUT2D eigenvalue weighted by Gasteiger charge is 2.07. The molecule has 0 saturated heterocycles. The first-order chi connectivity index (χ1) is 14.4. The molecule has 0 unspecified atom stereocenters. The van der Waals surface area contributed by atoms with Gasteiger partial charge < -0.3 is 15.1 Å². The van der Waals surface area contributed by atoms with E-state index in [1.54, 1.807) is 16.8 Å². The highest BCUT2D eigenvalue weighted by Crippen LogP contribution is 2.23. The Labute approximate surface area is 187 Å². The number of hydrogen-bond donors (Lipinski definition) is 2. The van der Waals surface area contributed by atoms with Crippen LogP contribution in [0.4, 0.5) is 11.5 Å². The molecule has 152 valence electrons. The Kier molecular flexibility index (Phi) is 5.76. The van der Waals surface area contributed by atoms with E-state index in [4.69, 9.17) is 39.8 Å². The summed E-state index contributed by atoms with van der Waals surface area (Å²) in [6.07, 6.45) is 1.83. The van der Waals surface area contributed by atoms with Gasteiger partial charge in [-0.3, -0.25) is 4.68 Å². The van der Waals surface area contributed by atoms with Gasteiger partial charge >= 0.3 is 5.63 Å². The lowest BCUT2D eigenvalue weighted by atomic mass is 10.1. The van der Waals surface area contributed by atoms with Crippen molar-refractivity contribution in [3.8, 4) is 0 Å². The fourth-order valence-electron chi connectivity index (χ4n) is 3.02. The van der Waals surface area contributed by atoms with Crippen molar-refractivity contribution in [1.82, 2.24) is 9.78 Å². The average molecular weight is 459 g/mol. The Morgan fingerprint density at radius 1 is 1.10 bits per heavy atom. The Bertz CT molecular complexity index is 1320. The molecule has 30 heavy (non-hydrogen) atoms. The standard InChI is InChI=1S/C21H16Cl2N4O2S/c1-12-8-20(28)29-18-10-14(3-4-15(12)18)24-21(30)25-19-6-7-27(26-19)11-13-2-5-16(22)17(23)9-13/h2-10H,11H2,1H3,(H2,24,25,26,30). The minimum atomic E-state index is -0.384. The molecule has 0 radical (unpaired) electrons. The third kappa shape index (κ3) is 4.64. The number of benzene rings is 2. The van der Waals surface area contributed by atoms with Crippen LogP contribution in [0.5, 0.6) is 0 Å². The van der Waals surface area contributed by atoms with Crippen LogP contribution in [0.3, 0.4) is 0 Å². The molecule has 0 aliphatic carbocycles. The summed E-state index contributed by atoms with van der Waals surface area (Å²) in [4.78, 5) is 11.6. The zero-order valence-corrected chi connectivity index (χ0v) is 18.1. The molecule has 0 atom stereocenters. The van der Waals surface area contributed by atoms with E-state index in [1.165, 1.54) is 6.07 Å². The van der Waals surface area contributed by atoms with Crippen LogP contribution in [-0.2, 0) is 6.54 Å². The lowest BCUT2D eigenvalue weighted by molar-refractivity contribution is 0.560. The van der Waals surface area contributed by atoms with Gasteiger partial charge in [0.2, 0.25) is 0 Å². The first-order valence-electron chi connectivity index (χ1n) is 8.97. The lowest BCUT2D eigenvalue weighted by Gasteiger charge is -2.10. The van der Waals surface area contributed by atoms with Crippen LogP contribution >= 0.6 is 35.4 Å². The van der Waals surface area contributed by atoms with E-state index in [1.807, 2.05) is 43.5 Å². The number of nitrogens with one attached hydrogen (secondary N) is 2. The van der Waals surface area contributed by atoms with E-state index in [-0.39, 0.29) is 5.63 Å². The molecule has 0 fully saturated rings. The number of anilines is 2. The van der Waals surface area contributed by atoms with Crippen LogP contribution in [-0.4, -0.2) is 14.9 Å². The second kappa shape index (κ2) is 8.47. The van der Waals surface area contributed by atoms with Crippen molar-refractivity contribution in [3.63, 3.8) is 0 Å². The Balaban J connectivity index is 1.42. The topological polar surface area (TPSA) is 72.1 Å². The predicted molar refractivity (Wildman–Crippen MR) is 125 cm³/mol. The molecule has 4 rings (SSSR count). The zero-order valence-electron chi connectivity index (χ0n) is 15.8. The number of nitrogens with zero attached hydrogens (tertiary/aromatic N) is 2. The van der Waals surface area contributed by atoms with Crippen molar-refractivity contribution >= 4 is 63.0 Å². The van der Waals surface area contributed by atoms with Crippen molar-refractivity contribution in [2.75, 3.05) is 10.6 Å². The molecule has 2 aromatic heterocycles. The number of fused-ring (bicyclic) bond motifs is 1. The van der Waals surface area contributed by atoms with Crippen LogP contribution in [0, 0.1) is 6.92 Å². The monoisotopic (exact) mass is 458 g/mol. The summed E-state index contributed by atoms with van der Waals surface area (Å²) in [7, 11) is 0. The van der Waals surface area contributed by atoms with Gasteiger partial charge in [-0.05, 0) is 54.5 Å². The van der Waals surface area contributed by atoms with Crippen molar-refractivity contribution in [2.24, 2.45) is 0 Å². The molecule has 0 bridgehead atoms. The fourth-order valence-corrected chi connectivity index (χ4v) is 3.57. The molecule has 0 aliphatic rings. The van der Waals surface area contributed by atoms with Crippen LogP contribution in [0.1, 0.15) is 11.1 Å². The maximum Gasteiger partial charge on any atom is 0.336 e. The largest absolute Gasteiger partial charge is 0.423 e. The second-order valence-corrected chi connectivity index (χ2v) is 7.91. The minimum absolute atomic E-state index is 0.365. The predicted octanol–water partition coefficient (Wildman–Crippen LogP) is 5.46. The smallest absolute Gasteiger partial charge is 0.336 e. The summed E-state index contributed by atoms with van der Waals surface area (Å²) in [6, 6.07) is 14.2. The Morgan fingerprint density at radius 2 is 1.93 bits per heavy atom. The van der Waals surface area contributed by atoms with Crippen LogP contribution < -0.4 is 16.3 Å². The van der Waals surface area contributed by atoms with E-state index >= 15 is 0 Å². The lowest BCUT2D eigenvalue weighted by Crippen LogP contribution is -2.19. The summed E-state index contributed by atoms with van der Waals surface area (Å²) in [5.74, 6) is 0.593. The zero-order chi connectivity index (χ0) is 21.3. The van der Waals surface area contributed by atoms with E-state index in [9.17, 15) is 4.79 Å². The second-order valence-electron chi connectivity index (χ2n) is 6.69. The Hall–Kier alpha value is -2.87. The number of thiocarbonyl (C=S) groups is 1. The van der Waals surface area contributed by atoms with E-state index in [2.05, 4.69) is 15.7 Å². The molecular weight excluding hydrogens is 443 g/mol. The molecule has 0 amide bonds. The normalized spacial score (nSPS) is 10.9. The summed E-state index contributed by atoms with van der Waals surface area (Å²) >= 11 is 17.4. The molecule has 4 aromatic rings. The Morgan fingerprint density at radius 3 is 2.73 bits per heavy atom. The maximum atomic E-state index is 11.6. The number of aryl methyl sites for hydroxylation is 1. The van der Waals surface area contributed by atoms with E-state index < -0.39 is 0 Å². The summed E-state index contributed by atoms with van der Waals surface area (Å²) in [5, 5.41) is 12.8. The molecule has 0 saturated carbocycles. The van der Waals surface area contributed by atoms with Gasteiger partial charge in [-0.2, -0.15) is 5.10 Å². The van der Waals surface area contributed by atoms with Gasteiger partial charge in [-0.1, -0.05) is 29.3 Å². The molecule has 9 heteroatoms. The molecule has 2 heterocycles. The van der Waals surface area contributed by atoms with Gasteiger partial charge in [-0.15, -0.1) is 0 Å². The molecule has 6 nitrogen and oxygen atoms in total. The third-order valence-electron chi connectivity index (χ3n) is 4.42. The van der Waals surface area contributed by atoms with E-state index in [0.29, 0.717) is 38.8 Å². The van der Waals surface area contributed by atoms with Gasteiger partial charge in [0.05, 0.1) is 16.6 Å². The highest BCUT2D eigenvalue weighted by molar-refractivity contribution is 7.80. The number of aromatic nitrogens is 2. The van der Waals surface area contributed by atoms with Crippen LogP contribution in [0.25, 0.3) is 11.0 Å². The van der Waals surface area contributed by atoms with Crippen LogP contribution in [0.15, 0.2) is 63.9 Å². The van der Waals surface area contributed by atoms with Crippen molar-refractivity contribution < 1.29 is 4.42 Å². The highest BCUT2D eigenvalue weighted by atomic mass is 35.5. The minimum Gasteiger partial charge on any atom is -0.423 e. The molecule has 0 spiro atoms. The molecular formula is C21H16Cl2N4O2S. The van der Waals surface area contributed by atoms with Gasteiger partial charge in [0.25, 0.3) is 0 Å². The van der Waals surface area contributed by atoms with Crippen molar-refractivity contribution in [2.45, 2.75) is 13.5 Å². The first-order valence-corrected chi connectivity index (χ1v) is 10.1.